The topological polar surface area (TPSA) is 171 Å². The highest BCUT2D eigenvalue weighted by Gasteiger charge is 2.14. The van der Waals surface area contributed by atoms with Gasteiger partial charge in [-0.3, -0.25) is 4.28 Å². The number of hydrogen-bond acceptors (Lipinski definition) is 11. The Hall–Kier alpha value is -3.00. The van der Waals surface area contributed by atoms with Gasteiger partial charge >= 0.3 is 10.1 Å². The fraction of sp³-hybridized carbons (Fsp3) is 0.444. The molecule has 0 saturated heterocycles. The third kappa shape index (κ3) is 9.57. The van der Waals surface area contributed by atoms with Crippen LogP contribution in [0.3, 0.4) is 0 Å². The highest BCUT2D eigenvalue weighted by Crippen LogP contribution is 2.10. The summed E-state index contributed by atoms with van der Waals surface area (Å²) < 4.78 is 55.9. The van der Waals surface area contributed by atoms with E-state index in [2.05, 4.69) is 18.8 Å². The summed E-state index contributed by atoms with van der Waals surface area (Å²) in [4.78, 5) is 0. The molecule has 0 atom stereocenters. The lowest BCUT2D eigenvalue weighted by molar-refractivity contribution is 0.210. The van der Waals surface area contributed by atoms with Gasteiger partial charge in [-0.05, 0) is 18.9 Å². The molecule has 1 N–H and O–H groups in total. The summed E-state index contributed by atoms with van der Waals surface area (Å²) in [6.45, 7) is 3.65. The number of benzene rings is 1. The summed E-state index contributed by atoms with van der Waals surface area (Å²) in [5.74, 6) is -0.434. The fourth-order valence-corrected chi connectivity index (χ4v) is 3.82. The highest BCUT2D eigenvalue weighted by atomic mass is 32.2. The van der Waals surface area contributed by atoms with Crippen LogP contribution in [0.2, 0.25) is 0 Å². The largest absolute Gasteiger partial charge is 0.328 e. The van der Waals surface area contributed by atoms with Crippen molar-refractivity contribution in [2.45, 2.75) is 39.5 Å². The van der Waals surface area contributed by atoms with Crippen molar-refractivity contribution in [2.75, 3.05) is 11.5 Å². The van der Waals surface area contributed by atoms with Crippen LogP contribution in [0.4, 0.5) is 0 Å². The Balaban J connectivity index is 3.02. The highest BCUT2D eigenvalue weighted by molar-refractivity contribution is 7.86. The van der Waals surface area contributed by atoms with Gasteiger partial charge < -0.3 is 0 Å². The third-order valence-electron chi connectivity index (χ3n) is 3.68. The average molecular weight is 470 g/mol. The first kappa shape index (κ1) is 26.0. The van der Waals surface area contributed by atoms with Crippen molar-refractivity contribution in [1.29, 1.82) is 10.5 Å². The first-order chi connectivity index (χ1) is 14.7. The molecule has 0 heterocycles. The quantitative estimate of drug-likeness (QED) is 0.335. The van der Waals surface area contributed by atoms with E-state index in [1.165, 1.54) is 24.3 Å². The molecule has 0 spiro atoms. The van der Waals surface area contributed by atoms with E-state index in [4.69, 9.17) is 0 Å². The molecule has 1 aromatic rings. The molecule has 0 aromatic heterocycles. The van der Waals surface area contributed by atoms with Crippen LogP contribution >= 0.6 is 0 Å². The van der Waals surface area contributed by atoms with Crippen molar-refractivity contribution >= 4 is 31.7 Å². The minimum atomic E-state index is -3.92. The van der Waals surface area contributed by atoms with Crippen molar-refractivity contribution in [1.82, 2.24) is 5.59 Å². The zero-order chi connectivity index (χ0) is 23.3. The van der Waals surface area contributed by atoms with Crippen molar-refractivity contribution in [3.8, 4) is 12.1 Å². The molecule has 0 bridgehead atoms. The molecular weight excluding hydrogens is 446 g/mol. The SMILES string of the molecule is CCCCS(=O)(=O)ON=C(C#N)c1cccc(C(C#N)=NNOS(=O)(=O)CCCC)c1. The number of hydrazone groups is 1. The van der Waals surface area contributed by atoms with Gasteiger partial charge in [-0.1, -0.05) is 50.0 Å². The molecule has 168 valence electrons. The van der Waals surface area contributed by atoms with E-state index < -0.39 is 20.2 Å². The van der Waals surface area contributed by atoms with Gasteiger partial charge in [0.2, 0.25) is 0 Å². The Bertz CT molecular complexity index is 1100. The zero-order valence-corrected chi connectivity index (χ0v) is 18.7. The van der Waals surface area contributed by atoms with Crippen LogP contribution < -0.4 is 5.59 Å². The Kier molecular flexibility index (Phi) is 10.6. The number of hydrogen-bond donors (Lipinski definition) is 1. The molecule has 0 fully saturated rings. The lowest BCUT2D eigenvalue weighted by atomic mass is 10.0. The Labute approximate surface area is 182 Å². The van der Waals surface area contributed by atoms with Gasteiger partial charge in [0.15, 0.2) is 11.4 Å². The number of nitriles is 2. The van der Waals surface area contributed by atoms with Crippen LogP contribution in [-0.4, -0.2) is 39.8 Å². The summed E-state index contributed by atoms with van der Waals surface area (Å²) >= 11 is 0. The summed E-state index contributed by atoms with van der Waals surface area (Å²) in [7, 11) is -7.77. The van der Waals surface area contributed by atoms with Gasteiger partial charge in [-0.2, -0.15) is 32.9 Å². The molecule has 13 heteroatoms. The monoisotopic (exact) mass is 469 g/mol. The molecule has 0 aliphatic heterocycles. The van der Waals surface area contributed by atoms with Crippen LogP contribution in [0.5, 0.6) is 0 Å². The molecule has 1 rings (SSSR count). The van der Waals surface area contributed by atoms with Crippen molar-refractivity contribution in [2.24, 2.45) is 10.3 Å². The first-order valence-electron chi connectivity index (χ1n) is 9.32. The van der Waals surface area contributed by atoms with Gasteiger partial charge in [-0.25, -0.2) is 0 Å². The van der Waals surface area contributed by atoms with Gasteiger partial charge in [-0.15, -0.1) is 9.39 Å². The molecule has 31 heavy (non-hydrogen) atoms. The van der Waals surface area contributed by atoms with Crippen LogP contribution in [0, 0.1) is 22.7 Å². The number of rotatable bonds is 13. The molecule has 0 saturated carbocycles. The minimum Gasteiger partial charge on any atom is -0.267 e. The molecule has 0 aliphatic rings. The maximum Gasteiger partial charge on any atom is 0.328 e. The summed E-state index contributed by atoms with van der Waals surface area (Å²) in [6.07, 6.45) is 2.11. The lowest BCUT2D eigenvalue weighted by Crippen LogP contribution is -2.20. The second-order valence-corrected chi connectivity index (χ2v) is 9.55. The number of unbranched alkanes of at least 4 members (excludes halogenated alkanes) is 2. The van der Waals surface area contributed by atoms with Crippen molar-refractivity contribution in [3.05, 3.63) is 35.4 Å². The summed E-state index contributed by atoms with van der Waals surface area (Å²) in [5.41, 5.74) is 1.71. The first-order valence-corrected chi connectivity index (χ1v) is 12.5. The maximum atomic E-state index is 11.8. The number of nitrogens with zero attached hydrogens (tertiary/aromatic N) is 4. The number of oxime groups is 1. The van der Waals surface area contributed by atoms with Crippen molar-refractivity contribution in [3.63, 3.8) is 0 Å². The van der Waals surface area contributed by atoms with Gasteiger partial charge in [0, 0.05) is 11.1 Å². The molecule has 0 radical (unpaired) electrons. The Morgan fingerprint density at radius 1 is 0.968 bits per heavy atom. The lowest BCUT2D eigenvalue weighted by Gasteiger charge is -2.05. The number of nitrogens with one attached hydrogen (secondary N) is 1. The zero-order valence-electron chi connectivity index (χ0n) is 17.1. The third-order valence-corrected chi connectivity index (χ3v) is 5.89. The molecular formula is C18H23N5O6S2. The normalized spacial score (nSPS) is 12.6. The smallest absolute Gasteiger partial charge is 0.267 e. The molecule has 11 nitrogen and oxygen atoms in total. The predicted molar refractivity (Wildman–Crippen MR) is 113 cm³/mol. The second kappa shape index (κ2) is 12.6. The van der Waals surface area contributed by atoms with Crippen LogP contribution in [0.25, 0.3) is 0 Å². The van der Waals surface area contributed by atoms with Crippen LogP contribution in [0.1, 0.15) is 50.7 Å². The van der Waals surface area contributed by atoms with E-state index >= 15 is 0 Å². The van der Waals surface area contributed by atoms with E-state index in [1.54, 1.807) is 12.1 Å². The fourth-order valence-electron chi connectivity index (χ4n) is 2.04. The van der Waals surface area contributed by atoms with Gasteiger partial charge in [0.25, 0.3) is 10.1 Å². The molecule has 1 aromatic carbocycles. The van der Waals surface area contributed by atoms with Gasteiger partial charge in [0.05, 0.1) is 11.5 Å². The Morgan fingerprint density at radius 3 is 2.06 bits per heavy atom. The standard InChI is InChI=1S/C18H23N5O6S2/c1-3-5-10-30(24,25)28-22-18(14-20)16-9-7-8-15(12-16)17(13-19)21-23-29-31(26,27)11-6-4-2/h7-9,12,23H,3-6,10-11H2,1-2H3. The minimum absolute atomic E-state index is 0.171. The van der Waals surface area contributed by atoms with E-state index in [9.17, 15) is 27.4 Å². The Morgan fingerprint density at radius 2 is 1.52 bits per heavy atom. The van der Waals surface area contributed by atoms with E-state index in [-0.39, 0.29) is 34.1 Å². The van der Waals surface area contributed by atoms with E-state index in [0.29, 0.717) is 25.7 Å². The summed E-state index contributed by atoms with van der Waals surface area (Å²) in [5, 5.41) is 25.6. The maximum absolute atomic E-state index is 11.8. The molecule has 0 amide bonds. The second-order valence-electron chi connectivity index (χ2n) is 6.18. The molecule has 0 unspecified atom stereocenters. The van der Waals surface area contributed by atoms with Crippen molar-refractivity contribution < 1.29 is 25.4 Å². The van der Waals surface area contributed by atoms with Crippen LogP contribution in [0.15, 0.2) is 34.5 Å². The average Bonchev–Trinajstić information content (AvgIpc) is 2.74. The summed E-state index contributed by atoms with van der Waals surface area (Å²) in [6, 6.07) is 9.27. The van der Waals surface area contributed by atoms with Gasteiger partial charge in [0.1, 0.15) is 12.1 Å². The predicted octanol–water partition coefficient (Wildman–Crippen LogP) is 1.94. The van der Waals surface area contributed by atoms with E-state index in [1.807, 2.05) is 19.4 Å². The van der Waals surface area contributed by atoms with E-state index in [0.717, 1.165) is 0 Å². The van der Waals surface area contributed by atoms with Crippen LogP contribution in [-0.2, 0) is 28.8 Å². The molecule has 0 aliphatic carbocycles.